The fourth-order valence-electron chi connectivity index (χ4n) is 4.19. The van der Waals surface area contributed by atoms with Gasteiger partial charge in [-0.2, -0.15) is 4.98 Å². The number of piperidine rings is 1. The average Bonchev–Trinajstić information content (AvgIpc) is 3.29. The summed E-state index contributed by atoms with van der Waals surface area (Å²) < 4.78 is 5.38. The first-order chi connectivity index (χ1) is 13.0. The number of aromatic nitrogens is 2. The van der Waals surface area contributed by atoms with Crippen LogP contribution in [-0.4, -0.2) is 57.7 Å². The van der Waals surface area contributed by atoms with Crippen LogP contribution in [0.15, 0.2) is 34.9 Å². The Morgan fingerprint density at radius 3 is 2.52 bits per heavy atom. The minimum Gasteiger partial charge on any atom is -0.480 e. The number of benzene rings is 1. The number of nitrogens with zero attached hydrogens (tertiary/aromatic N) is 4. The maximum absolute atomic E-state index is 11.8. The Morgan fingerprint density at radius 2 is 1.93 bits per heavy atom. The quantitative estimate of drug-likeness (QED) is 0.882. The third-order valence-electron chi connectivity index (χ3n) is 5.74. The topological polar surface area (TPSA) is 99.8 Å². The zero-order valence-electron chi connectivity index (χ0n) is 15.2. The Labute approximate surface area is 156 Å². The summed E-state index contributed by atoms with van der Waals surface area (Å²) in [7, 11) is 0. The van der Waals surface area contributed by atoms with Crippen molar-refractivity contribution in [2.75, 3.05) is 24.5 Å². The van der Waals surface area contributed by atoms with Crippen LogP contribution in [-0.2, 0) is 9.59 Å². The van der Waals surface area contributed by atoms with Crippen LogP contribution in [0.3, 0.4) is 0 Å². The van der Waals surface area contributed by atoms with E-state index in [1.807, 2.05) is 30.3 Å². The highest BCUT2D eigenvalue weighted by Gasteiger charge is 2.49. The molecule has 2 aromatic rings. The SMILES string of the molecule is CC(=O)N1CC2(CCN(c3noc(-c4ccccc4)n3)CC2)C[C@H]1C(=O)O. The van der Waals surface area contributed by atoms with Gasteiger partial charge in [0, 0.05) is 32.1 Å². The second kappa shape index (κ2) is 6.68. The summed E-state index contributed by atoms with van der Waals surface area (Å²) in [6, 6.07) is 8.89. The molecule has 2 aliphatic rings. The largest absolute Gasteiger partial charge is 0.480 e. The number of likely N-dealkylation sites (tertiary alicyclic amines) is 1. The molecule has 1 atom stereocenters. The fraction of sp³-hybridized carbons (Fsp3) is 0.474. The first-order valence-corrected chi connectivity index (χ1v) is 9.12. The number of carbonyl (C=O) groups excluding carboxylic acids is 1. The van der Waals surface area contributed by atoms with Gasteiger partial charge < -0.3 is 19.4 Å². The van der Waals surface area contributed by atoms with Gasteiger partial charge in [-0.25, -0.2) is 4.79 Å². The summed E-state index contributed by atoms with van der Waals surface area (Å²) in [6.07, 6.45) is 2.11. The van der Waals surface area contributed by atoms with Crippen LogP contribution < -0.4 is 4.90 Å². The Bertz CT molecular complexity index is 818. The molecule has 4 rings (SSSR count). The van der Waals surface area contributed by atoms with Gasteiger partial charge in [0.2, 0.25) is 5.91 Å². The van der Waals surface area contributed by atoms with Gasteiger partial charge in [-0.3, -0.25) is 4.79 Å². The van der Waals surface area contributed by atoms with E-state index >= 15 is 0 Å². The van der Waals surface area contributed by atoms with E-state index < -0.39 is 12.0 Å². The van der Waals surface area contributed by atoms with Gasteiger partial charge in [0.15, 0.2) is 0 Å². The number of amides is 1. The first-order valence-electron chi connectivity index (χ1n) is 9.12. The molecule has 1 spiro atoms. The summed E-state index contributed by atoms with van der Waals surface area (Å²) in [5.41, 5.74) is 0.735. The summed E-state index contributed by atoms with van der Waals surface area (Å²) in [4.78, 5) is 31.4. The molecule has 2 aliphatic heterocycles. The Hall–Kier alpha value is -2.90. The maximum atomic E-state index is 11.8. The number of hydrogen-bond donors (Lipinski definition) is 1. The van der Waals surface area contributed by atoms with Crippen molar-refractivity contribution in [3.05, 3.63) is 30.3 Å². The lowest BCUT2D eigenvalue weighted by Gasteiger charge is -2.38. The van der Waals surface area contributed by atoms with Crippen LogP contribution in [0.25, 0.3) is 11.5 Å². The Balaban J connectivity index is 1.44. The van der Waals surface area contributed by atoms with Crippen molar-refractivity contribution < 1.29 is 19.2 Å². The Morgan fingerprint density at radius 1 is 1.22 bits per heavy atom. The van der Waals surface area contributed by atoms with Crippen LogP contribution in [0.4, 0.5) is 5.95 Å². The van der Waals surface area contributed by atoms with Gasteiger partial charge in [0.1, 0.15) is 6.04 Å². The van der Waals surface area contributed by atoms with Gasteiger partial charge >= 0.3 is 5.97 Å². The molecule has 142 valence electrons. The van der Waals surface area contributed by atoms with Crippen molar-refractivity contribution in [3.63, 3.8) is 0 Å². The molecule has 1 N–H and O–H groups in total. The van der Waals surface area contributed by atoms with Gasteiger partial charge in [-0.05, 0) is 42.0 Å². The molecule has 0 aliphatic carbocycles. The van der Waals surface area contributed by atoms with Crippen LogP contribution >= 0.6 is 0 Å². The molecular formula is C19H22N4O4. The minimum atomic E-state index is -0.921. The maximum Gasteiger partial charge on any atom is 0.326 e. The van der Waals surface area contributed by atoms with E-state index in [0.717, 1.165) is 18.4 Å². The lowest BCUT2D eigenvalue weighted by Crippen LogP contribution is -2.42. The number of carboxylic acids is 1. The normalized spacial score (nSPS) is 21.6. The van der Waals surface area contributed by atoms with Crippen molar-refractivity contribution in [2.24, 2.45) is 5.41 Å². The number of anilines is 1. The highest BCUT2D eigenvalue weighted by Crippen LogP contribution is 2.44. The molecule has 2 saturated heterocycles. The molecule has 0 saturated carbocycles. The predicted molar refractivity (Wildman–Crippen MR) is 97.0 cm³/mol. The monoisotopic (exact) mass is 370 g/mol. The van der Waals surface area contributed by atoms with E-state index in [4.69, 9.17) is 4.52 Å². The molecule has 1 amide bonds. The molecule has 1 aromatic carbocycles. The second-order valence-electron chi connectivity index (χ2n) is 7.46. The highest BCUT2D eigenvalue weighted by atomic mass is 16.5. The van der Waals surface area contributed by atoms with Crippen LogP contribution in [0.1, 0.15) is 26.2 Å². The zero-order valence-corrected chi connectivity index (χ0v) is 15.2. The van der Waals surface area contributed by atoms with E-state index in [-0.39, 0.29) is 11.3 Å². The number of rotatable bonds is 3. The fourth-order valence-corrected chi connectivity index (χ4v) is 4.19. The second-order valence-corrected chi connectivity index (χ2v) is 7.46. The zero-order chi connectivity index (χ0) is 19.0. The molecule has 8 heteroatoms. The predicted octanol–water partition coefficient (Wildman–Crippen LogP) is 2.03. The van der Waals surface area contributed by atoms with E-state index in [0.29, 0.717) is 37.9 Å². The van der Waals surface area contributed by atoms with Gasteiger partial charge in [0.25, 0.3) is 11.8 Å². The van der Waals surface area contributed by atoms with Crippen LogP contribution in [0.2, 0.25) is 0 Å². The molecule has 2 fully saturated rings. The number of aliphatic carboxylic acids is 1. The molecule has 27 heavy (non-hydrogen) atoms. The summed E-state index contributed by atoms with van der Waals surface area (Å²) in [5, 5.41) is 13.5. The number of carbonyl (C=O) groups is 2. The van der Waals surface area contributed by atoms with E-state index in [9.17, 15) is 14.7 Å². The van der Waals surface area contributed by atoms with Crippen molar-refractivity contribution in [1.82, 2.24) is 15.0 Å². The third-order valence-corrected chi connectivity index (χ3v) is 5.74. The molecule has 0 unspecified atom stereocenters. The van der Waals surface area contributed by atoms with Crippen molar-refractivity contribution in [2.45, 2.75) is 32.2 Å². The third kappa shape index (κ3) is 3.27. The summed E-state index contributed by atoms with van der Waals surface area (Å²) >= 11 is 0. The van der Waals surface area contributed by atoms with Crippen molar-refractivity contribution in [3.8, 4) is 11.5 Å². The minimum absolute atomic E-state index is 0.142. The van der Waals surface area contributed by atoms with Crippen molar-refractivity contribution >= 4 is 17.8 Å². The lowest BCUT2D eigenvalue weighted by molar-refractivity contribution is -0.147. The number of carboxylic acid groups (broad SMARTS) is 1. The average molecular weight is 370 g/mol. The Kier molecular flexibility index (Phi) is 4.33. The molecule has 8 nitrogen and oxygen atoms in total. The lowest BCUT2D eigenvalue weighted by atomic mass is 9.76. The molecule has 3 heterocycles. The van der Waals surface area contributed by atoms with E-state index in [2.05, 4.69) is 15.0 Å². The molecular weight excluding hydrogens is 348 g/mol. The van der Waals surface area contributed by atoms with Gasteiger partial charge in [-0.15, -0.1) is 0 Å². The smallest absolute Gasteiger partial charge is 0.326 e. The first kappa shape index (κ1) is 17.5. The van der Waals surface area contributed by atoms with Crippen LogP contribution in [0, 0.1) is 5.41 Å². The van der Waals surface area contributed by atoms with Gasteiger partial charge in [0.05, 0.1) is 0 Å². The molecule has 0 bridgehead atoms. The van der Waals surface area contributed by atoms with Crippen LogP contribution in [0.5, 0.6) is 0 Å². The summed E-state index contributed by atoms with van der Waals surface area (Å²) in [5.74, 6) is -0.0529. The number of hydrogen-bond acceptors (Lipinski definition) is 6. The molecule has 0 radical (unpaired) electrons. The van der Waals surface area contributed by atoms with E-state index in [1.54, 1.807) is 0 Å². The van der Waals surface area contributed by atoms with E-state index in [1.165, 1.54) is 11.8 Å². The van der Waals surface area contributed by atoms with Crippen molar-refractivity contribution in [1.29, 1.82) is 0 Å². The molecule has 1 aromatic heterocycles. The van der Waals surface area contributed by atoms with Gasteiger partial charge in [-0.1, -0.05) is 18.2 Å². The summed E-state index contributed by atoms with van der Waals surface area (Å²) in [6.45, 7) is 3.38. The highest BCUT2D eigenvalue weighted by molar-refractivity contribution is 5.83. The standard InChI is InChI=1S/C19H22N4O4/c1-13(24)23-12-19(11-15(23)17(25)26)7-9-22(10-8-19)18-20-16(27-21-18)14-5-3-2-4-6-14/h2-6,15H,7-12H2,1H3,(H,25,26)/t15-/m0/s1.